The van der Waals surface area contributed by atoms with Crippen LogP contribution in [0, 0.1) is 13.8 Å². The SMILES string of the molecule is Cc1ccc(C)n1-c1c(C(=O)Nc2cccc(-c3ccc(=O)[nH]n3)c2)cnn1C. The first-order valence-electron chi connectivity index (χ1n) is 9.09. The highest BCUT2D eigenvalue weighted by atomic mass is 16.1. The number of carbonyl (C=O) groups excluding carboxylic acids is 1. The summed E-state index contributed by atoms with van der Waals surface area (Å²) in [4.78, 5) is 24.2. The number of benzene rings is 1. The lowest BCUT2D eigenvalue weighted by molar-refractivity contribution is 0.102. The van der Waals surface area contributed by atoms with Gasteiger partial charge in [-0.3, -0.25) is 14.3 Å². The van der Waals surface area contributed by atoms with Gasteiger partial charge >= 0.3 is 0 Å². The molecule has 146 valence electrons. The van der Waals surface area contributed by atoms with Crippen molar-refractivity contribution in [2.75, 3.05) is 5.32 Å². The number of nitrogens with zero attached hydrogens (tertiary/aromatic N) is 4. The Morgan fingerprint density at radius 2 is 1.83 bits per heavy atom. The number of H-pyrrole nitrogens is 1. The molecule has 0 aliphatic heterocycles. The smallest absolute Gasteiger partial charge is 0.264 e. The molecule has 8 nitrogen and oxygen atoms in total. The Balaban J connectivity index is 1.66. The first-order valence-corrected chi connectivity index (χ1v) is 9.09. The maximum Gasteiger partial charge on any atom is 0.264 e. The standard InChI is InChI=1S/C21H20N6O2/c1-13-7-8-14(2)27(13)21-17(12-22-26(21)3)20(29)23-16-6-4-5-15(11-16)18-9-10-19(28)25-24-18/h4-12H,1-3H3,(H,23,29)(H,25,28). The van der Waals surface area contributed by atoms with Gasteiger partial charge in [0.05, 0.1) is 11.9 Å². The van der Waals surface area contributed by atoms with Crippen LogP contribution in [0.25, 0.3) is 17.1 Å². The average Bonchev–Trinajstić information content (AvgIpc) is 3.24. The van der Waals surface area contributed by atoms with Crippen molar-refractivity contribution in [1.29, 1.82) is 0 Å². The molecule has 0 aliphatic rings. The van der Waals surface area contributed by atoms with Gasteiger partial charge in [0, 0.05) is 35.8 Å². The van der Waals surface area contributed by atoms with E-state index in [4.69, 9.17) is 0 Å². The minimum absolute atomic E-state index is 0.257. The molecule has 0 saturated heterocycles. The second kappa shape index (κ2) is 7.23. The third kappa shape index (κ3) is 3.47. The number of aromatic amines is 1. The van der Waals surface area contributed by atoms with Gasteiger partial charge in [0.15, 0.2) is 0 Å². The van der Waals surface area contributed by atoms with E-state index in [9.17, 15) is 9.59 Å². The first-order chi connectivity index (χ1) is 13.9. The number of anilines is 1. The van der Waals surface area contributed by atoms with E-state index < -0.39 is 0 Å². The quantitative estimate of drug-likeness (QED) is 0.562. The predicted octanol–water partition coefficient (Wildman–Crippen LogP) is 2.83. The maximum absolute atomic E-state index is 13.0. The molecule has 0 aliphatic carbocycles. The second-order valence-corrected chi connectivity index (χ2v) is 6.80. The zero-order chi connectivity index (χ0) is 20.5. The first kappa shape index (κ1) is 18.4. The zero-order valence-electron chi connectivity index (χ0n) is 16.3. The fourth-order valence-electron chi connectivity index (χ4n) is 3.32. The average molecular weight is 388 g/mol. The Hall–Kier alpha value is -3.94. The van der Waals surface area contributed by atoms with Crippen molar-refractivity contribution in [1.82, 2.24) is 24.5 Å². The van der Waals surface area contributed by atoms with Crippen molar-refractivity contribution < 1.29 is 4.79 Å². The van der Waals surface area contributed by atoms with Gasteiger partial charge in [0.25, 0.3) is 11.5 Å². The minimum Gasteiger partial charge on any atom is -0.322 e. The van der Waals surface area contributed by atoms with Crippen molar-refractivity contribution in [2.24, 2.45) is 7.05 Å². The lowest BCUT2D eigenvalue weighted by Crippen LogP contribution is -2.16. The maximum atomic E-state index is 13.0. The van der Waals surface area contributed by atoms with E-state index in [1.165, 1.54) is 6.07 Å². The number of hydrogen-bond donors (Lipinski definition) is 2. The van der Waals surface area contributed by atoms with Crippen molar-refractivity contribution in [3.8, 4) is 17.1 Å². The van der Waals surface area contributed by atoms with E-state index in [1.807, 2.05) is 49.7 Å². The molecule has 0 unspecified atom stereocenters. The van der Waals surface area contributed by atoms with Crippen molar-refractivity contribution in [2.45, 2.75) is 13.8 Å². The van der Waals surface area contributed by atoms with Gasteiger partial charge in [-0.15, -0.1) is 0 Å². The van der Waals surface area contributed by atoms with Crippen LogP contribution in [0.2, 0.25) is 0 Å². The summed E-state index contributed by atoms with van der Waals surface area (Å²) in [6.45, 7) is 3.98. The highest BCUT2D eigenvalue weighted by Crippen LogP contribution is 2.23. The lowest BCUT2D eigenvalue weighted by Gasteiger charge is -2.13. The summed E-state index contributed by atoms with van der Waals surface area (Å²) in [5.41, 5.74) is 4.26. The lowest BCUT2D eigenvalue weighted by atomic mass is 10.1. The summed E-state index contributed by atoms with van der Waals surface area (Å²) in [6.07, 6.45) is 1.57. The number of rotatable bonds is 4. The summed E-state index contributed by atoms with van der Waals surface area (Å²) in [5.74, 6) is 0.452. The number of carbonyl (C=O) groups is 1. The van der Waals surface area contributed by atoms with Gasteiger partial charge in [-0.25, -0.2) is 5.10 Å². The van der Waals surface area contributed by atoms with Crippen LogP contribution in [0.5, 0.6) is 0 Å². The van der Waals surface area contributed by atoms with Crippen LogP contribution in [-0.2, 0) is 7.05 Å². The Labute approximate surface area is 166 Å². The molecule has 8 heteroatoms. The van der Waals surface area contributed by atoms with Crippen molar-refractivity contribution >= 4 is 11.6 Å². The summed E-state index contributed by atoms with van der Waals surface area (Å²) in [6, 6.07) is 14.3. The molecule has 29 heavy (non-hydrogen) atoms. The largest absolute Gasteiger partial charge is 0.322 e. The molecule has 4 aromatic rings. The van der Waals surface area contributed by atoms with E-state index >= 15 is 0 Å². The molecule has 3 aromatic heterocycles. The number of hydrogen-bond acceptors (Lipinski definition) is 4. The monoisotopic (exact) mass is 388 g/mol. The molecular formula is C21H20N6O2. The van der Waals surface area contributed by atoms with Gasteiger partial charge in [0.2, 0.25) is 0 Å². The molecule has 3 heterocycles. The molecule has 0 atom stereocenters. The summed E-state index contributed by atoms with van der Waals surface area (Å²) in [7, 11) is 1.81. The number of aryl methyl sites for hydroxylation is 3. The van der Waals surface area contributed by atoms with Crippen molar-refractivity contribution in [3.05, 3.63) is 82.0 Å². The second-order valence-electron chi connectivity index (χ2n) is 6.80. The van der Waals surface area contributed by atoms with Gasteiger partial charge in [-0.2, -0.15) is 10.2 Å². The summed E-state index contributed by atoms with van der Waals surface area (Å²) in [5, 5.41) is 13.7. The van der Waals surface area contributed by atoms with Crippen LogP contribution in [0.4, 0.5) is 5.69 Å². The predicted molar refractivity (Wildman–Crippen MR) is 110 cm³/mol. The summed E-state index contributed by atoms with van der Waals surface area (Å²) < 4.78 is 3.69. The van der Waals surface area contributed by atoms with Crippen molar-refractivity contribution in [3.63, 3.8) is 0 Å². The molecule has 2 N–H and O–H groups in total. The topological polar surface area (TPSA) is 97.6 Å². The van der Waals surface area contributed by atoms with E-state index in [1.54, 1.807) is 29.1 Å². The van der Waals surface area contributed by atoms with Crippen LogP contribution in [0.3, 0.4) is 0 Å². The molecule has 4 rings (SSSR count). The van der Waals surface area contributed by atoms with Crippen LogP contribution >= 0.6 is 0 Å². The fourth-order valence-corrected chi connectivity index (χ4v) is 3.32. The molecule has 1 aromatic carbocycles. The number of nitrogens with one attached hydrogen (secondary N) is 2. The summed E-state index contributed by atoms with van der Waals surface area (Å²) >= 11 is 0. The number of amides is 1. The van der Waals surface area contributed by atoms with Crippen LogP contribution < -0.4 is 10.9 Å². The zero-order valence-corrected chi connectivity index (χ0v) is 16.3. The van der Waals surface area contributed by atoms with Gasteiger partial charge in [-0.05, 0) is 44.2 Å². The van der Waals surface area contributed by atoms with Gasteiger partial charge in [-0.1, -0.05) is 12.1 Å². The third-order valence-corrected chi connectivity index (χ3v) is 4.73. The molecule has 1 amide bonds. The molecule has 0 radical (unpaired) electrons. The van der Waals surface area contributed by atoms with Crippen LogP contribution in [0.1, 0.15) is 21.7 Å². The molecular weight excluding hydrogens is 368 g/mol. The molecule has 0 saturated carbocycles. The molecule has 0 spiro atoms. The Morgan fingerprint density at radius 3 is 2.52 bits per heavy atom. The Morgan fingerprint density at radius 1 is 1.07 bits per heavy atom. The van der Waals surface area contributed by atoms with E-state index in [2.05, 4.69) is 20.6 Å². The van der Waals surface area contributed by atoms with E-state index in [0.29, 0.717) is 22.8 Å². The van der Waals surface area contributed by atoms with Gasteiger partial charge in [0.1, 0.15) is 11.4 Å². The van der Waals surface area contributed by atoms with Gasteiger partial charge < -0.3 is 9.88 Å². The van der Waals surface area contributed by atoms with Crippen LogP contribution in [-0.4, -0.2) is 30.5 Å². The van der Waals surface area contributed by atoms with E-state index in [0.717, 1.165) is 17.0 Å². The highest BCUT2D eigenvalue weighted by Gasteiger charge is 2.20. The molecule has 0 bridgehead atoms. The third-order valence-electron chi connectivity index (χ3n) is 4.73. The number of aromatic nitrogens is 5. The van der Waals surface area contributed by atoms with Crippen LogP contribution in [0.15, 0.2) is 59.5 Å². The normalized spacial score (nSPS) is 10.9. The van der Waals surface area contributed by atoms with E-state index in [-0.39, 0.29) is 11.5 Å². The Kier molecular flexibility index (Phi) is 4.59. The highest BCUT2D eigenvalue weighted by molar-refractivity contribution is 6.06. The Bertz CT molecular complexity index is 1220. The molecule has 0 fully saturated rings. The minimum atomic E-state index is -0.266. The fraction of sp³-hybridized carbons (Fsp3) is 0.143.